The lowest BCUT2D eigenvalue weighted by Gasteiger charge is -2.28. The van der Waals surface area contributed by atoms with E-state index in [0.29, 0.717) is 16.5 Å². The normalized spacial score (nSPS) is 15.6. The lowest BCUT2D eigenvalue weighted by atomic mass is 9.97. The largest absolute Gasteiger partial charge is 0.382 e. The standard InChI is InChI=1S/C17H21N9O4S2/c18-16-11-5-8(1-3-12(11)25-26-16)10-2-4-13(31(27,28)9-6-22-7-9)15(32(21,29)30)14(10)17(23-19)24-20/h1-5,9,22H,6-7,19-20H2,(H,23,24)(H3,18,25,26)(H2,21,29,30). The van der Waals surface area contributed by atoms with Gasteiger partial charge in [-0.25, -0.2) is 27.8 Å². The molecule has 32 heavy (non-hydrogen) atoms. The second kappa shape index (κ2) is 7.72. The van der Waals surface area contributed by atoms with Crippen LogP contribution in [-0.2, 0) is 19.9 Å². The smallest absolute Gasteiger partial charge is 0.240 e. The maximum atomic E-state index is 13.2. The number of amidine groups is 1. The van der Waals surface area contributed by atoms with Gasteiger partial charge in [0, 0.05) is 24.0 Å². The van der Waals surface area contributed by atoms with Crippen LogP contribution in [0.3, 0.4) is 0 Å². The van der Waals surface area contributed by atoms with E-state index in [4.69, 9.17) is 22.6 Å². The Morgan fingerprint density at radius 3 is 2.44 bits per heavy atom. The van der Waals surface area contributed by atoms with Crippen molar-refractivity contribution in [1.82, 2.24) is 20.9 Å². The molecule has 0 bridgehead atoms. The van der Waals surface area contributed by atoms with Gasteiger partial charge in [-0.15, -0.1) is 0 Å². The van der Waals surface area contributed by atoms with Gasteiger partial charge in [-0.1, -0.05) is 12.1 Å². The molecule has 1 aliphatic rings. The summed E-state index contributed by atoms with van der Waals surface area (Å²) in [6.45, 7) is 0.375. The predicted molar refractivity (Wildman–Crippen MR) is 119 cm³/mol. The zero-order chi connectivity index (χ0) is 23.3. The monoisotopic (exact) mass is 479 g/mol. The van der Waals surface area contributed by atoms with E-state index in [2.05, 4.69) is 26.0 Å². The van der Waals surface area contributed by atoms with E-state index >= 15 is 0 Å². The summed E-state index contributed by atoms with van der Waals surface area (Å²) >= 11 is 0. The third-order valence-electron chi connectivity index (χ3n) is 5.30. The van der Waals surface area contributed by atoms with Gasteiger partial charge in [-0.2, -0.15) is 10.2 Å². The first kappa shape index (κ1) is 22.0. The Kier molecular flexibility index (Phi) is 5.30. The zero-order valence-corrected chi connectivity index (χ0v) is 18.2. The summed E-state index contributed by atoms with van der Waals surface area (Å²) in [5, 5.41) is 18.4. The van der Waals surface area contributed by atoms with Gasteiger partial charge in [0.05, 0.1) is 15.7 Å². The molecule has 2 aromatic carbocycles. The van der Waals surface area contributed by atoms with Crippen LogP contribution in [0.15, 0.2) is 45.2 Å². The van der Waals surface area contributed by atoms with Gasteiger partial charge in [0.1, 0.15) is 4.90 Å². The van der Waals surface area contributed by atoms with Crippen LogP contribution in [-0.4, -0.2) is 51.2 Å². The number of aromatic amines is 1. The molecule has 0 saturated carbocycles. The van der Waals surface area contributed by atoms with Crippen LogP contribution in [0.2, 0.25) is 0 Å². The number of nitrogen functional groups attached to an aromatic ring is 1. The maximum Gasteiger partial charge on any atom is 0.240 e. The maximum absolute atomic E-state index is 13.2. The average Bonchev–Trinajstić information content (AvgIpc) is 3.06. The highest BCUT2D eigenvalue weighted by Crippen LogP contribution is 2.36. The summed E-state index contributed by atoms with van der Waals surface area (Å²) in [5.41, 5.74) is 9.34. The number of nitrogens with zero attached hydrogens (tertiary/aromatic N) is 2. The molecule has 170 valence electrons. The number of benzene rings is 2. The summed E-state index contributed by atoms with van der Waals surface area (Å²) in [7, 11) is -8.62. The van der Waals surface area contributed by atoms with Gasteiger partial charge >= 0.3 is 0 Å². The van der Waals surface area contributed by atoms with Gasteiger partial charge in [0.15, 0.2) is 21.5 Å². The second-order valence-electron chi connectivity index (χ2n) is 7.18. The highest BCUT2D eigenvalue weighted by atomic mass is 32.2. The Bertz CT molecular complexity index is 1460. The molecule has 0 aliphatic carbocycles. The number of hydrazine groups is 1. The second-order valence-corrected chi connectivity index (χ2v) is 10.9. The molecule has 0 atom stereocenters. The lowest BCUT2D eigenvalue weighted by Crippen LogP contribution is -2.51. The molecule has 1 aliphatic heterocycles. The number of sulfonamides is 1. The van der Waals surface area contributed by atoms with Crippen LogP contribution in [0.25, 0.3) is 22.0 Å². The van der Waals surface area contributed by atoms with Gasteiger partial charge < -0.3 is 22.3 Å². The Hall–Kier alpha value is -3.24. The molecule has 15 heteroatoms. The van der Waals surface area contributed by atoms with Gasteiger partial charge in [-0.3, -0.25) is 5.10 Å². The van der Waals surface area contributed by atoms with E-state index in [1.807, 2.05) is 0 Å². The van der Waals surface area contributed by atoms with Crippen LogP contribution in [0.1, 0.15) is 5.56 Å². The molecule has 0 unspecified atom stereocenters. The minimum absolute atomic E-state index is 0.174. The molecule has 0 radical (unpaired) electrons. The summed E-state index contributed by atoms with van der Waals surface area (Å²) < 4.78 is 51.7. The minimum Gasteiger partial charge on any atom is -0.382 e. The van der Waals surface area contributed by atoms with E-state index < -0.39 is 34.9 Å². The molecular formula is C17H21N9O4S2. The van der Waals surface area contributed by atoms with E-state index in [1.54, 1.807) is 18.2 Å². The highest BCUT2D eigenvalue weighted by molar-refractivity contribution is 7.94. The Balaban J connectivity index is 2.10. The number of hydrogen-bond donors (Lipinski definition) is 7. The quantitative estimate of drug-likeness (QED) is 0.0945. The van der Waals surface area contributed by atoms with E-state index in [1.165, 1.54) is 12.1 Å². The molecule has 1 fully saturated rings. The van der Waals surface area contributed by atoms with Crippen molar-refractivity contribution in [3.63, 3.8) is 0 Å². The van der Waals surface area contributed by atoms with E-state index in [0.717, 1.165) is 0 Å². The fourth-order valence-corrected chi connectivity index (χ4v) is 6.77. The van der Waals surface area contributed by atoms with Crippen molar-refractivity contribution >= 4 is 42.4 Å². The summed E-state index contributed by atoms with van der Waals surface area (Å²) in [6.07, 6.45) is 0. The summed E-state index contributed by atoms with van der Waals surface area (Å²) in [5.74, 6) is 10.9. The molecule has 2 heterocycles. The van der Waals surface area contributed by atoms with Crippen molar-refractivity contribution in [2.45, 2.75) is 15.0 Å². The van der Waals surface area contributed by atoms with Gasteiger partial charge in [0.2, 0.25) is 10.0 Å². The number of hydrogen-bond acceptors (Lipinski definition) is 10. The first-order valence-electron chi connectivity index (χ1n) is 9.23. The third kappa shape index (κ3) is 3.45. The number of rotatable bonds is 5. The van der Waals surface area contributed by atoms with E-state index in [9.17, 15) is 16.8 Å². The highest BCUT2D eigenvalue weighted by Gasteiger charge is 2.38. The molecule has 3 aromatic rings. The fraction of sp³-hybridized carbons (Fsp3) is 0.176. The SMILES string of the molecule is N/N=C(\NN)c1c(-c2ccc3[nH]nc(N)c3c2)ccc(S(=O)(=O)C2CNC2)c1S(N)(=O)=O. The molecular weight excluding hydrogens is 458 g/mol. The van der Waals surface area contributed by atoms with Gasteiger partial charge in [-0.05, 0) is 29.3 Å². The number of nitrogens with two attached hydrogens (primary N) is 4. The van der Waals surface area contributed by atoms with Crippen LogP contribution >= 0.6 is 0 Å². The number of anilines is 1. The number of nitrogens with one attached hydrogen (secondary N) is 3. The number of aromatic nitrogens is 2. The summed E-state index contributed by atoms with van der Waals surface area (Å²) in [4.78, 5) is -1.10. The van der Waals surface area contributed by atoms with Crippen LogP contribution in [0.5, 0.6) is 0 Å². The van der Waals surface area contributed by atoms with Gasteiger partial charge in [0.25, 0.3) is 0 Å². The number of hydrazone groups is 1. The van der Waals surface area contributed by atoms with Crippen LogP contribution < -0.4 is 33.3 Å². The lowest BCUT2D eigenvalue weighted by molar-refractivity contribution is 0.493. The van der Waals surface area contributed by atoms with Crippen molar-refractivity contribution < 1.29 is 16.8 Å². The fourth-order valence-electron chi connectivity index (χ4n) is 3.58. The molecule has 11 N–H and O–H groups in total. The Labute approximate surface area is 183 Å². The van der Waals surface area contributed by atoms with Crippen molar-refractivity contribution in [1.29, 1.82) is 0 Å². The first-order valence-corrected chi connectivity index (χ1v) is 12.3. The molecule has 0 amide bonds. The van der Waals surface area contributed by atoms with Crippen LogP contribution in [0.4, 0.5) is 5.82 Å². The number of sulfone groups is 1. The molecule has 13 nitrogen and oxygen atoms in total. The summed E-state index contributed by atoms with van der Waals surface area (Å²) in [6, 6.07) is 7.67. The van der Waals surface area contributed by atoms with Crippen molar-refractivity contribution in [3.8, 4) is 11.1 Å². The van der Waals surface area contributed by atoms with Crippen molar-refractivity contribution in [2.24, 2.45) is 21.9 Å². The predicted octanol–water partition coefficient (Wildman–Crippen LogP) is -1.71. The molecule has 1 aromatic heterocycles. The first-order chi connectivity index (χ1) is 15.1. The Morgan fingerprint density at radius 2 is 1.88 bits per heavy atom. The topological polar surface area (TPSA) is 237 Å². The Morgan fingerprint density at radius 1 is 1.16 bits per heavy atom. The third-order valence-corrected chi connectivity index (χ3v) is 8.59. The molecule has 0 spiro atoms. The molecule has 1 saturated heterocycles. The van der Waals surface area contributed by atoms with Crippen LogP contribution in [0, 0.1) is 0 Å². The van der Waals surface area contributed by atoms with Crippen molar-refractivity contribution in [3.05, 3.63) is 35.9 Å². The van der Waals surface area contributed by atoms with E-state index in [-0.39, 0.29) is 35.9 Å². The zero-order valence-electron chi connectivity index (χ0n) is 16.5. The van der Waals surface area contributed by atoms with Crippen molar-refractivity contribution in [2.75, 3.05) is 18.8 Å². The number of H-pyrrole nitrogens is 1. The average molecular weight is 480 g/mol. The minimum atomic E-state index is -4.58. The number of primary sulfonamides is 1. The molecule has 4 rings (SSSR count). The number of fused-ring (bicyclic) bond motifs is 1.